The topological polar surface area (TPSA) is 62.3 Å². The monoisotopic (exact) mass is 567 g/mol. The van der Waals surface area contributed by atoms with Crippen LogP contribution in [0.4, 0.5) is 4.79 Å². The van der Waals surface area contributed by atoms with Gasteiger partial charge in [0.1, 0.15) is 5.60 Å². The molecule has 0 bridgehead atoms. The standard InChI is InChI=1S/C34H53N3O4/c1-33(2,3)41-32(39)37-21-13-26(14-22-37)25-40-34(4)17-11-28(12-18-34)27-7-9-29(10-8-27)31(38)36-23-15-30(16-24-36)35-19-5-6-20-35/h7,11-12,17,26,29-30H,5-6,8-10,13-16,18-25H2,1-4H3. The summed E-state index contributed by atoms with van der Waals surface area (Å²) in [4.78, 5) is 32.2. The van der Waals surface area contributed by atoms with Crippen LogP contribution in [0.15, 0.2) is 35.5 Å². The second-order valence-electron chi connectivity index (χ2n) is 14.2. The highest BCUT2D eigenvalue weighted by Gasteiger charge is 2.33. The molecule has 2 unspecified atom stereocenters. The van der Waals surface area contributed by atoms with Crippen LogP contribution in [0.2, 0.25) is 0 Å². The molecule has 0 N–H and O–H groups in total. The van der Waals surface area contributed by atoms with E-state index >= 15 is 0 Å². The van der Waals surface area contributed by atoms with Crippen molar-refractivity contribution in [3.63, 3.8) is 0 Å². The molecule has 7 heteroatoms. The molecule has 7 nitrogen and oxygen atoms in total. The van der Waals surface area contributed by atoms with E-state index < -0.39 is 5.60 Å². The van der Waals surface area contributed by atoms with Crippen molar-refractivity contribution in [1.82, 2.24) is 14.7 Å². The van der Waals surface area contributed by atoms with E-state index in [4.69, 9.17) is 9.47 Å². The summed E-state index contributed by atoms with van der Waals surface area (Å²) in [6.07, 6.45) is 19.4. The predicted octanol–water partition coefficient (Wildman–Crippen LogP) is 6.11. The second-order valence-corrected chi connectivity index (χ2v) is 14.2. The summed E-state index contributed by atoms with van der Waals surface area (Å²) in [5.41, 5.74) is 1.94. The normalized spacial score (nSPS) is 28.9. The first-order valence-corrected chi connectivity index (χ1v) is 16.3. The lowest BCUT2D eigenvalue weighted by Gasteiger charge is -2.38. The van der Waals surface area contributed by atoms with E-state index in [9.17, 15) is 9.59 Å². The van der Waals surface area contributed by atoms with Crippen LogP contribution in [0.3, 0.4) is 0 Å². The van der Waals surface area contributed by atoms with Crippen molar-refractivity contribution in [3.8, 4) is 0 Å². The summed E-state index contributed by atoms with van der Waals surface area (Å²) < 4.78 is 12.0. The van der Waals surface area contributed by atoms with Crippen LogP contribution in [-0.2, 0) is 14.3 Å². The van der Waals surface area contributed by atoms with Gasteiger partial charge < -0.3 is 24.2 Å². The molecule has 5 rings (SSSR count). The third kappa shape index (κ3) is 8.04. The van der Waals surface area contributed by atoms with Crippen LogP contribution in [0.25, 0.3) is 0 Å². The number of ether oxygens (including phenoxy) is 2. The number of amides is 2. The molecule has 2 aliphatic carbocycles. The Bertz CT molecular complexity index is 1020. The third-order valence-corrected chi connectivity index (χ3v) is 9.82. The zero-order valence-electron chi connectivity index (χ0n) is 26.0. The Kier molecular flexibility index (Phi) is 9.64. The summed E-state index contributed by atoms with van der Waals surface area (Å²) in [5.74, 6) is 0.989. The van der Waals surface area contributed by atoms with E-state index in [1.165, 1.54) is 37.1 Å². The van der Waals surface area contributed by atoms with E-state index in [2.05, 4.69) is 41.0 Å². The summed E-state index contributed by atoms with van der Waals surface area (Å²) in [7, 11) is 0. The van der Waals surface area contributed by atoms with Crippen molar-refractivity contribution in [2.75, 3.05) is 45.9 Å². The van der Waals surface area contributed by atoms with Gasteiger partial charge in [0.2, 0.25) is 5.91 Å². The van der Waals surface area contributed by atoms with E-state index in [-0.39, 0.29) is 17.6 Å². The predicted molar refractivity (Wildman–Crippen MR) is 163 cm³/mol. The molecule has 3 aliphatic heterocycles. The molecule has 3 heterocycles. The van der Waals surface area contributed by atoms with Crippen LogP contribution in [0, 0.1) is 11.8 Å². The molecule has 0 aromatic rings. The van der Waals surface area contributed by atoms with E-state index in [1.807, 2.05) is 25.7 Å². The van der Waals surface area contributed by atoms with Gasteiger partial charge in [0.25, 0.3) is 0 Å². The van der Waals surface area contributed by atoms with E-state index in [1.54, 1.807) is 0 Å². The maximum atomic E-state index is 13.3. The lowest BCUT2D eigenvalue weighted by Crippen LogP contribution is -2.47. The maximum absolute atomic E-state index is 13.3. The Hall–Kier alpha value is -2.12. The Morgan fingerprint density at radius 1 is 0.927 bits per heavy atom. The smallest absolute Gasteiger partial charge is 0.410 e. The largest absolute Gasteiger partial charge is 0.444 e. The average molecular weight is 568 g/mol. The Labute approximate surface area is 248 Å². The van der Waals surface area contributed by atoms with Crippen LogP contribution in [0.5, 0.6) is 0 Å². The Balaban J connectivity index is 1.02. The first-order valence-electron chi connectivity index (χ1n) is 16.3. The molecule has 41 heavy (non-hydrogen) atoms. The number of hydrogen-bond acceptors (Lipinski definition) is 5. The van der Waals surface area contributed by atoms with E-state index in [0.29, 0.717) is 24.5 Å². The maximum Gasteiger partial charge on any atom is 0.410 e. The van der Waals surface area contributed by atoms with Crippen molar-refractivity contribution in [2.24, 2.45) is 11.8 Å². The first-order chi connectivity index (χ1) is 19.6. The van der Waals surface area contributed by atoms with Gasteiger partial charge in [-0.2, -0.15) is 0 Å². The minimum Gasteiger partial charge on any atom is -0.444 e. The average Bonchev–Trinajstić information content (AvgIpc) is 3.51. The lowest BCUT2D eigenvalue weighted by atomic mass is 9.82. The summed E-state index contributed by atoms with van der Waals surface area (Å²) >= 11 is 0. The fourth-order valence-electron chi connectivity index (χ4n) is 7.11. The number of carbonyl (C=O) groups excluding carboxylic acids is 2. The van der Waals surface area contributed by atoms with Crippen LogP contribution in [-0.4, -0.2) is 89.8 Å². The van der Waals surface area contributed by atoms with Crippen molar-refractivity contribution in [3.05, 3.63) is 35.5 Å². The van der Waals surface area contributed by atoms with Gasteiger partial charge in [-0.1, -0.05) is 24.3 Å². The van der Waals surface area contributed by atoms with Crippen LogP contribution < -0.4 is 0 Å². The number of carbonyl (C=O) groups is 2. The van der Waals surface area contributed by atoms with Gasteiger partial charge >= 0.3 is 6.09 Å². The Morgan fingerprint density at radius 3 is 2.20 bits per heavy atom. The molecular formula is C34H53N3O4. The highest BCUT2D eigenvalue weighted by Crippen LogP contribution is 2.35. The number of allylic oxidation sites excluding steroid dienone is 4. The summed E-state index contributed by atoms with van der Waals surface area (Å²) in [6.45, 7) is 14.4. The molecule has 0 radical (unpaired) electrons. The molecule has 5 aliphatic rings. The summed E-state index contributed by atoms with van der Waals surface area (Å²) in [5, 5.41) is 0. The van der Waals surface area contributed by atoms with Crippen LogP contribution in [0.1, 0.15) is 91.9 Å². The number of rotatable bonds is 6. The van der Waals surface area contributed by atoms with Crippen molar-refractivity contribution in [2.45, 2.75) is 109 Å². The molecule has 0 aromatic heterocycles. The minimum absolute atomic E-state index is 0.144. The molecule has 3 fully saturated rings. The van der Waals surface area contributed by atoms with Gasteiger partial charge in [0, 0.05) is 38.1 Å². The van der Waals surface area contributed by atoms with Gasteiger partial charge in [-0.15, -0.1) is 0 Å². The van der Waals surface area contributed by atoms with Crippen LogP contribution >= 0.6 is 0 Å². The van der Waals surface area contributed by atoms with Crippen molar-refractivity contribution < 1.29 is 19.1 Å². The van der Waals surface area contributed by atoms with Gasteiger partial charge in [-0.3, -0.25) is 4.79 Å². The molecule has 0 saturated carbocycles. The molecular weight excluding hydrogens is 514 g/mol. The van der Waals surface area contributed by atoms with E-state index in [0.717, 1.165) is 77.5 Å². The highest BCUT2D eigenvalue weighted by atomic mass is 16.6. The molecule has 0 aromatic carbocycles. The number of likely N-dealkylation sites (tertiary alicyclic amines) is 3. The van der Waals surface area contributed by atoms with Crippen molar-refractivity contribution >= 4 is 12.0 Å². The van der Waals surface area contributed by atoms with Gasteiger partial charge in [-0.25, -0.2) is 4.79 Å². The minimum atomic E-state index is -0.456. The first kappa shape index (κ1) is 30.3. The third-order valence-electron chi connectivity index (χ3n) is 9.82. The number of nitrogens with zero attached hydrogens (tertiary/aromatic N) is 3. The summed E-state index contributed by atoms with van der Waals surface area (Å²) in [6, 6.07) is 0.691. The molecule has 2 amide bonds. The van der Waals surface area contributed by atoms with Gasteiger partial charge in [0.15, 0.2) is 0 Å². The number of piperidine rings is 2. The SMILES string of the molecule is CC(C)(C)OC(=O)N1CCC(COC2(C)C=CC(C3=CCC(C(=O)N4CCC(N5CCCC5)CC4)CC3)=CC2)CC1. The zero-order chi connectivity index (χ0) is 29.0. The van der Waals surface area contributed by atoms with Crippen molar-refractivity contribution in [1.29, 1.82) is 0 Å². The molecule has 2 atom stereocenters. The lowest BCUT2D eigenvalue weighted by molar-refractivity contribution is -0.137. The fraction of sp³-hybridized carbons (Fsp3) is 0.765. The molecule has 3 saturated heterocycles. The number of hydrogen-bond donors (Lipinski definition) is 0. The second kappa shape index (κ2) is 13.0. The van der Waals surface area contributed by atoms with Gasteiger partial charge in [0.05, 0.1) is 12.2 Å². The molecule has 228 valence electrons. The van der Waals surface area contributed by atoms with Gasteiger partial charge in [-0.05, 0) is 122 Å². The molecule has 0 spiro atoms. The fourth-order valence-corrected chi connectivity index (χ4v) is 7.11. The zero-order valence-corrected chi connectivity index (χ0v) is 26.0. The highest BCUT2D eigenvalue weighted by molar-refractivity contribution is 5.79. The quantitative estimate of drug-likeness (QED) is 0.388. The Morgan fingerprint density at radius 2 is 1.61 bits per heavy atom.